The number of carboxylic acid groups (broad SMARTS) is 1. The number of nitrogens with zero attached hydrogens (tertiary/aromatic N) is 2. The van der Waals surface area contributed by atoms with E-state index in [2.05, 4.69) is 5.32 Å². The first-order valence-corrected chi connectivity index (χ1v) is 13.1. The molecule has 2 heterocycles. The summed E-state index contributed by atoms with van der Waals surface area (Å²) in [6.07, 6.45) is -3.02. The molecule has 14 heteroatoms. The minimum absolute atomic E-state index is 0.0479. The number of halogens is 1. The molecule has 0 bridgehead atoms. The zero-order valence-corrected chi connectivity index (χ0v) is 22.4. The first-order valence-electron chi connectivity index (χ1n) is 13.1. The lowest BCUT2D eigenvalue weighted by Gasteiger charge is -2.41. The largest absolute Gasteiger partial charge is 0.465 e. The highest BCUT2D eigenvalue weighted by molar-refractivity contribution is 5.98. The van der Waals surface area contributed by atoms with Gasteiger partial charge in [0, 0.05) is 19.5 Å². The first kappa shape index (κ1) is 30.8. The predicted molar refractivity (Wildman–Crippen MR) is 138 cm³/mol. The SMILES string of the molecule is C[C@@H](O)[C@H](NC(=O)C1(Cc2ccc(F)cc2)CCCN1C(=O)[C@@H]1CCCN1C(=O)[C@@H](NC(=O)O)[C@@H](C)O)C(N)=O. The maximum absolute atomic E-state index is 14.0. The molecule has 1 aromatic rings. The number of amides is 5. The Kier molecular flexibility index (Phi) is 9.69. The van der Waals surface area contributed by atoms with Crippen molar-refractivity contribution in [3.63, 3.8) is 0 Å². The van der Waals surface area contributed by atoms with Crippen molar-refractivity contribution >= 4 is 29.7 Å². The smallest absolute Gasteiger partial charge is 0.405 e. The predicted octanol–water partition coefficient (Wildman–Crippen LogP) is -0.912. The summed E-state index contributed by atoms with van der Waals surface area (Å²) in [6, 6.07) is 1.41. The summed E-state index contributed by atoms with van der Waals surface area (Å²) in [5.74, 6) is -3.54. The molecule has 7 N–H and O–H groups in total. The normalized spacial score (nSPS) is 23.7. The molecule has 1 unspecified atom stereocenters. The van der Waals surface area contributed by atoms with Crippen LogP contribution in [0.5, 0.6) is 0 Å². The zero-order chi connectivity index (χ0) is 29.8. The third-order valence-corrected chi connectivity index (χ3v) is 7.51. The summed E-state index contributed by atoms with van der Waals surface area (Å²) >= 11 is 0. The maximum atomic E-state index is 14.0. The average Bonchev–Trinajstić information content (AvgIpc) is 3.54. The van der Waals surface area contributed by atoms with Gasteiger partial charge in [-0.05, 0) is 57.2 Å². The molecule has 40 heavy (non-hydrogen) atoms. The van der Waals surface area contributed by atoms with E-state index in [0.29, 0.717) is 18.4 Å². The molecule has 2 aliphatic heterocycles. The van der Waals surface area contributed by atoms with Gasteiger partial charge in [-0.2, -0.15) is 0 Å². The maximum Gasteiger partial charge on any atom is 0.405 e. The highest BCUT2D eigenvalue weighted by atomic mass is 19.1. The molecular formula is C26H36FN5O8. The van der Waals surface area contributed by atoms with Gasteiger partial charge in [0.1, 0.15) is 29.5 Å². The van der Waals surface area contributed by atoms with Gasteiger partial charge < -0.3 is 41.5 Å². The van der Waals surface area contributed by atoms with Crippen molar-refractivity contribution in [2.75, 3.05) is 13.1 Å². The molecule has 2 saturated heterocycles. The molecule has 220 valence electrons. The summed E-state index contributed by atoms with van der Waals surface area (Å²) < 4.78 is 13.6. The standard InChI is InChI=1S/C26H36FN5O8/c1-14(33)19(21(28)35)29-24(38)26(13-16-6-8-17(27)9-7-16)10-4-12-32(26)22(36)18-5-3-11-31(18)23(37)20(15(2)34)30-25(39)40/h6-9,14-15,18-20,30,33-34H,3-5,10-13H2,1-2H3,(H2,28,35)(H,29,38)(H,39,40)/t14-,15-,18+,19+,20+,26?/m1/s1. The molecule has 0 spiro atoms. The molecule has 0 saturated carbocycles. The third-order valence-electron chi connectivity index (χ3n) is 7.51. The topological polar surface area (TPSA) is 203 Å². The van der Waals surface area contributed by atoms with Crippen molar-refractivity contribution in [2.45, 2.75) is 81.8 Å². The van der Waals surface area contributed by atoms with Crippen molar-refractivity contribution in [1.82, 2.24) is 20.4 Å². The van der Waals surface area contributed by atoms with Crippen LogP contribution in [0.3, 0.4) is 0 Å². The van der Waals surface area contributed by atoms with Gasteiger partial charge in [0.2, 0.25) is 23.6 Å². The van der Waals surface area contributed by atoms with E-state index in [1.165, 1.54) is 47.9 Å². The highest BCUT2D eigenvalue weighted by Gasteiger charge is 2.53. The first-order chi connectivity index (χ1) is 18.8. The van der Waals surface area contributed by atoms with Crippen molar-refractivity contribution in [2.24, 2.45) is 5.73 Å². The van der Waals surface area contributed by atoms with Gasteiger partial charge in [-0.15, -0.1) is 0 Å². The fourth-order valence-corrected chi connectivity index (χ4v) is 5.51. The fraction of sp³-hybridized carbons (Fsp3) is 0.577. The number of benzene rings is 1. The van der Waals surface area contributed by atoms with Gasteiger partial charge in [0.15, 0.2) is 0 Å². The van der Waals surface area contributed by atoms with Crippen LogP contribution in [0.4, 0.5) is 9.18 Å². The van der Waals surface area contributed by atoms with Gasteiger partial charge in [-0.3, -0.25) is 19.2 Å². The fourth-order valence-electron chi connectivity index (χ4n) is 5.51. The van der Waals surface area contributed by atoms with E-state index in [1.807, 2.05) is 5.32 Å². The number of primary amides is 1. The van der Waals surface area contributed by atoms with E-state index >= 15 is 0 Å². The average molecular weight is 566 g/mol. The number of aliphatic hydroxyl groups excluding tert-OH is 2. The Bertz CT molecular complexity index is 1130. The van der Waals surface area contributed by atoms with E-state index in [0.717, 1.165) is 0 Å². The quantitative estimate of drug-likeness (QED) is 0.209. The van der Waals surface area contributed by atoms with E-state index in [-0.39, 0.29) is 32.4 Å². The minimum Gasteiger partial charge on any atom is -0.465 e. The van der Waals surface area contributed by atoms with Gasteiger partial charge in [-0.25, -0.2) is 9.18 Å². The lowest BCUT2D eigenvalue weighted by molar-refractivity contribution is -0.153. The summed E-state index contributed by atoms with van der Waals surface area (Å²) in [6.45, 7) is 2.80. The summed E-state index contributed by atoms with van der Waals surface area (Å²) in [5.41, 5.74) is 4.35. The van der Waals surface area contributed by atoms with Crippen molar-refractivity contribution in [3.05, 3.63) is 35.6 Å². The van der Waals surface area contributed by atoms with Gasteiger partial charge in [0.25, 0.3) is 0 Å². The number of hydrogen-bond acceptors (Lipinski definition) is 7. The Labute approximate surface area is 230 Å². The number of hydrogen-bond donors (Lipinski definition) is 6. The number of nitrogens with two attached hydrogens (primary N) is 1. The molecule has 1 aromatic carbocycles. The molecule has 0 radical (unpaired) electrons. The molecule has 5 amide bonds. The second-order valence-electron chi connectivity index (χ2n) is 10.4. The van der Waals surface area contributed by atoms with Crippen LogP contribution in [0, 0.1) is 5.82 Å². The summed E-state index contributed by atoms with van der Waals surface area (Å²) in [5, 5.41) is 33.7. The molecule has 6 atom stereocenters. The molecule has 2 fully saturated rings. The van der Waals surface area contributed by atoms with Crippen molar-refractivity contribution < 1.29 is 43.7 Å². The Hall–Kier alpha value is -3.78. The van der Waals surface area contributed by atoms with E-state index in [9.17, 15) is 38.6 Å². The Balaban J connectivity index is 1.98. The van der Waals surface area contributed by atoms with Crippen LogP contribution in [0.25, 0.3) is 0 Å². The number of aliphatic hydroxyl groups is 2. The Morgan fingerprint density at radius 1 is 1.02 bits per heavy atom. The van der Waals surface area contributed by atoms with E-state index < -0.39 is 71.4 Å². The summed E-state index contributed by atoms with van der Waals surface area (Å²) in [4.78, 5) is 66.8. The second-order valence-corrected chi connectivity index (χ2v) is 10.4. The lowest BCUT2D eigenvalue weighted by Crippen LogP contribution is -2.65. The van der Waals surface area contributed by atoms with Crippen LogP contribution in [0.15, 0.2) is 24.3 Å². The highest BCUT2D eigenvalue weighted by Crippen LogP contribution is 2.36. The van der Waals surface area contributed by atoms with Crippen LogP contribution in [0.1, 0.15) is 45.1 Å². The molecule has 0 aromatic heterocycles. The number of nitrogens with one attached hydrogen (secondary N) is 2. The molecule has 3 rings (SSSR count). The number of carbonyl (C=O) groups is 5. The number of likely N-dealkylation sites (tertiary alicyclic amines) is 2. The monoisotopic (exact) mass is 565 g/mol. The zero-order valence-electron chi connectivity index (χ0n) is 22.4. The van der Waals surface area contributed by atoms with Gasteiger partial charge >= 0.3 is 6.09 Å². The van der Waals surface area contributed by atoms with Gasteiger partial charge in [0.05, 0.1) is 12.2 Å². The number of rotatable bonds is 10. The second kappa shape index (κ2) is 12.6. The van der Waals surface area contributed by atoms with Crippen LogP contribution < -0.4 is 16.4 Å². The molecule has 2 aliphatic rings. The van der Waals surface area contributed by atoms with Crippen LogP contribution in [0.2, 0.25) is 0 Å². The Morgan fingerprint density at radius 2 is 1.65 bits per heavy atom. The van der Waals surface area contributed by atoms with Crippen LogP contribution in [-0.4, -0.2) is 104 Å². The minimum atomic E-state index is -1.56. The van der Waals surface area contributed by atoms with Crippen LogP contribution >= 0.6 is 0 Å². The Morgan fingerprint density at radius 3 is 2.20 bits per heavy atom. The van der Waals surface area contributed by atoms with Gasteiger partial charge in [-0.1, -0.05) is 12.1 Å². The van der Waals surface area contributed by atoms with Crippen LogP contribution in [-0.2, 0) is 25.6 Å². The molecular weight excluding hydrogens is 529 g/mol. The van der Waals surface area contributed by atoms with E-state index in [4.69, 9.17) is 10.8 Å². The van der Waals surface area contributed by atoms with E-state index in [1.54, 1.807) is 0 Å². The van der Waals surface area contributed by atoms with Crippen molar-refractivity contribution in [1.29, 1.82) is 0 Å². The molecule has 13 nitrogen and oxygen atoms in total. The summed E-state index contributed by atoms with van der Waals surface area (Å²) in [7, 11) is 0. The number of carbonyl (C=O) groups excluding carboxylic acids is 4. The molecule has 0 aliphatic carbocycles. The third kappa shape index (κ3) is 6.50. The van der Waals surface area contributed by atoms with Crippen molar-refractivity contribution in [3.8, 4) is 0 Å². The lowest BCUT2D eigenvalue weighted by atomic mass is 9.86.